The van der Waals surface area contributed by atoms with E-state index in [1.54, 1.807) is 0 Å². The Bertz CT molecular complexity index is 128. The molecule has 0 radical (unpaired) electrons. The van der Waals surface area contributed by atoms with E-state index in [9.17, 15) is 5.11 Å². The quantitative estimate of drug-likeness (QED) is 0.444. The van der Waals surface area contributed by atoms with Gasteiger partial charge >= 0.3 is 0 Å². The second-order valence-electron chi connectivity index (χ2n) is 3.44. The van der Waals surface area contributed by atoms with E-state index in [0.717, 1.165) is 6.54 Å². The highest BCUT2D eigenvalue weighted by molar-refractivity contribution is 4.81. The molecule has 0 saturated heterocycles. The van der Waals surface area contributed by atoms with E-state index in [-0.39, 0.29) is 12.7 Å². The molecule has 78 valence electrons. The third-order valence-electron chi connectivity index (χ3n) is 2.18. The lowest BCUT2D eigenvalue weighted by atomic mass is 10.2. The van der Waals surface area contributed by atoms with Crippen molar-refractivity contribution in [2.24, 2.45) is 5.92 Å². The first-order valence-corrected chi connectivity index (χ1v) is 4.92. The van der Waals surface area contributed by atoms with E-state index < -0.39 is 0 Å². The molecule has 0 aliphatic heterocycles. The van der Waals surface area contributed by atoms with Crippen LogP contribution in [0.2, 0.25) is 0 Å². The maximum Gasteiger partial charge on any atom is 0.0698 e. The van der Waals surface area contributed by atoms with Gasteiger partial charge in [0.25, 0.3) is 0 Å². The van der Waals surface area contributed by atoms with Crippen LogP contribution in [0.5, 0.6) is 0 Å². The molecule has 4 heteroatoms. The Morgan fingerprint density at radius 3 is 2.77 bits per heavy atom. The van der Waals surface area contributed by atoms with Crippen molar-refractivity contribution in [1.82, 2.24) is 5.32 Å². The Labute approximate surface area is 78.9 Å². The molecule has 1 fully saturated rings. The lowest BCUT2D eigenvalue weighted by Crippen LogP contribution is -2.30. The zero-order chi connectivity index (χ0) is 9.52. The first-order valence-electron chi connectivity index (χ1n) is 4.92. The Morgan fingerprint density at radius 2 is 2.15 bits per heavy atom. The van der Waals surface area contributed by atoms with Gasteiger partial charge in [0.15, 0.2) is 0 Å². The van der Waals surface area contributed by atoms with Gasteiger partial charge in [0.1, 0.15) is 0 Å². The summed E-state index contributed by atoms with van der Waals surface area (Å²) in [4.78, 5) is 0. The summed E-state index contributed by atoms with van der Waals surface area (Å²) < 4.78 is 5.05. The summed E-state index contributed by atoms with van der Waals surface area (Å²) in [6.07, 6.45) is 2.16. The van der Waals surface area contributed by atoms with Gasteiger partial charge in [-0.05, 0) is 18.8 Å². The monoisotopic (exact) mass is 189 g/mol. The van der Waals surface area contributed by atoms with Crippen molar-refractivity contribution in [3.63, 3.8) is 0 Å². The van der Waals surface area contributed by atoms with Gasteiger partial charge in [-0.15, -0.1) is 0 Å². The van der Waals surface area contributed by atoms with E-state index >= 15 is 0 Å². The minimum absolute atomic E-state index is 0.0741. The molecule has 0 aromatic carbocycles. The molecule has 4 nitrogen and oxygen atoms in total. The lowest BCUT2D eigenvalue weighted by Gasteiger charge is -2.10. The highest BCUT2D eigenvalue weighted by atomic mass is 16.5. The van der Waals surface area contributed by atoms with Crippen molar-refractivity contribution in [2.45, 2.75) is 18.9 Å². The molecule has 0 bridgehead atoms. The maximum absolute atomic E-state index is 9.45. The molecule has 0 aromatic rings. The Morgan fingerprint density at radius 1 is 1.38 bits per heavy atom. The molecule has 1 aliphatic rings. The molecule has 3 N–H and O–H groups in total. The van der Waals surface area contributed by atoms with Gasteiger partial charge in [0.05, 0.1) is 25.9 Å². The van der Waals surface area contributed by atoms with Crippen LogP contribution >= 0.6 is 0 Å². The summed E-state index contributed by atoms with van der Waals surface area (Å²) >= 11 is 0. The fourth-order valence-corrected chi connectivity index (χ4v) is 1.21. The van der Waals surface area contributed by atoms with Crippen LogP contribution in [0.4, 0.5) is 0 Å². The fourth-order valence-electron chi connectivity index (χ4n) is 1.21. The maximum atomic E-state index is 9.45. The van der Waals surface area contributed by atoms with Crippen molar-refractivity contribution in [3.8, 4) is 0 Å². The Balaban J connectivity index is 1.77. The van der Waals surface area contributed by atoms with Crippen molar-refractivity contribution in [2.75, 3.05) is 32.9 Å². The number of aliphatic hydroxyl groups is 2. The van der Waals surface area contributed by atoms with Gasteiger partial charge in [-0.25, -0.2) is 0 Å². The second kappa shape index (κ2) is 6.32. The number of hydrogen-bond donors (Lipinski definition) is 3. The van der Waals surface area contributed by atoms with Crippen LogP contribution in [-0.4, -0.2) is 49.2 Å². The van der Waals surface area contributed by atoms with Crippen molar-refractivity contribution in [3.05, 3.63) is 0 Å². The second-order valence-corrected chi connectivity index (χ2v) is 3.44. The topological polar surface area (TPSA) is 61.7 Å². The SMILES string of the molecule is OCCOCCNCC(O)C1CC1. The van der Waals surface area contributed by atoms with Gasteiger partial charge < -0.3 is 20.3 Å². The summed E-state index contributed by atoms with van der Waals surface area (Å²) in [6, 6.07) is 0. The van der Waals surface area contributed by atoms with Crippen molar-refractivity contribution < 1.29 is 14.9 Å². The number of nitrogens with one attached hydrogen (secondary N) is 1. The van der Waals surface area contributed by atoms with Crippen LogP contribution in [0.3, 0.4) is 0 Å². The zero-order valence-electron chi connectivity index (χ0n) is 7.91. The average molecular weight is 189 g/mol. The normalized spacial score (nSPS) is 18.9. The molecular weight excluding hydrogens is 170 g/mol. The highest BCUT2D eigenvalue weighted by Crippen LogP contribution is 2.32. The molecule has 0 aromatic heterocycles. The molecule has 0 amide bonds. The molecule has 1 atom stereocenters. The first-order chi connectivity index (χ1) is 6.34. The van der Waals surface area contributed by atoms with Crippen LogP contribution in [-0.2, 0) is 4.74 Å². The smallest absolute Gasteiger partial charge is 0.0698 e. The Hall–Kier alpha value is -0.160. The number of hydrogen-bond acceptors (Lipinski definition) is 4. The van der Waals surface area contributed by atoms with E-state index in [1.165, 1.54) is 12.8 Å². The third-order valence-corrected chi connectivity index (χ3v) is 2.18. The van der Waals surface area contributed by atoms with E-state index in [4.69, 9.17) is 9.84 Å². The van der Waals surface area contributed by atoms with E-state index in [0.29, 0.717) is 25.7 Å². The predicted molar refractivity (Wildman–Crippen MR) is 49.5 cm³/mol. The Kier molecular flexibility index (Phi) is 5.31. The summed E-state index contributed by atoms with van der Waals surface area (Å²) in [5, 5.41) is 21.0. The standard InChI is InChI=1S/C9H19NO3/c11-4-6-13-5-3-10-7-9(12)8-1-2-8/h8-12H,1-7H2. The number of ether oxygens (including phenoxy) is 1. The molecular formula is C9H19NO3. The largest absolute Gasteiger partial charge is 0.394 e. The molecule has 1 aliphatic carbocycles. The lowest BCUT2D eigenvalue weighted by molar-refractivity contribution is 0.0897. The van der Waals surface area contributed by atoms with Gasteiger partial charge in [0, 0.05) is 13.1 Å². The summed E-state index contributed by atoms with van der Waals surface area (Å²) in [5.74, 6) is 0.533. The number of rotatable bonds is 8. The van der Waals surface area contributed by atoms with E-state index in [2.05, 4.69) is 5.32 Å². The zero-order valence-corrected chi connectivity index (χ0v) is 7.91. The molecule has 0 spiro atoms. The van der Waals surface area contributed by atoms with Crippen LogP contribution in [0.25, 0.3) is 0 Å². The highest BCUT2D eigenvalue weighted by Gasteiger charge is 2.28. The summed E-state index contributed by atoms with van der Waals surface area (Å²) in [7, 11) is 0. The van der Waals surface area contributed by atoms with Crippen LogP contribution < -0.4 is 5.32 Å². The minimum Gasteiger partial charge on any atom is -0.394 e. The van der Waals surface area contributed by atoms with Crippen LogP contribution in [0.1, 0.15) is 12.8 Å². The summed E-state index contributed by atoms with van der Waals surface area (Å²) in [5.41, 5.74) is 0. The van der Waals surface area contributed by atoms with Gasteiger partial charge in [0.2, 0.25) is 0 Å². The third kappa shape index (κ3) is 5.21. The molecule has 1 unspecified atom stereocenters. The van der Waals surface area contributed by atoms with Crippen molar-refractivity contribution in [1.29, 1.82) is 0 Å². The van der Waals surface area contributed by atoms with E-state index in [1.807, 2.05) is 0 Å². The van der Waals surface area contributed by atoms with Crippen molar-refractivity contribution >= 4 is 0 Å². The molecule has 13 heavy (non-hydrogen) atoms. The van der Waals surface area contributed by atoms with Gasteiger partial charge in [-0.2, -0.15) is 0 Å². The van der Waals surface area contributed by atoms with Crippen LogP contribution in [0, 0.1) is 5.92 Å². The minimum atomic E-state index is -0.183. The summed E-state index contributed by atoms with van der Waals surface area (Å²) in [6.45, 7) is 2.46. The molecule has 0 heterocycles. The van der Waals surface area contributed by atoms with Crippen LogP contribution in [0.15, 0.2) is 0 Å². The average Bonchev–Trinajstić information content (AvgIpc) is 2.93. The number of aliphatic hydroxyl groups excluding tert-OH is 2. The van der Waals surface area contributed by atoms with Gasteiger partial charge in [-0.1, -0.05) is 0 Å². The molecule has 1 rings (SSSR count). The van der Waals surface area contributed by atoms with Gasteiger partial charge in [-0.3, -0.25) is 0 Å². The predicted octanol–water partition coefficient (Wildman–Crippen LogP) is -0.644. The first kappa shape index (κ1) is 10.9. The fraction of sp³-hybridized carbons (Fsp3) is 1.00. The molecule has 1 saturated carbocycles.